The summed E-state index contributed by atoms with van der Waals surface area (Å²) in [6.07, 6.45) is 16.1. The largest absolute Gasteiger partial charge is 0.377 e. The van der Waals surface area contributed by atoms with E-state index < -0.39 is 10.0 Å². The molecule has 0 bridgehead atoms. The molecule has 94 valence electrons. The minimum Gasteiger partial charge on any atom is -0.377 e. The van der Waals surface area contributed by atoms with Crippen molar-refractivity contribution in [3.8, 4) is 12.3 Å². The minimum atomic E-state index is -0.775. The van der Waals surface area contributed by atoms with E-state index in [-0.39, 0.29) is 0 Å². The fourth-order valence-electron chi connectivity index (χ4n) is 1.26. The topological polar surface area (TPSA) is 3.24 Å². The number of likely N-dealkylation sites (N-methyl/N-ethyl adjacent to an activating group) is 1. The van der Waals surface area contributed by atoms with Crippen molar-refractivity contribution in [2.75, 3.05) is 32.9 Å². The number of allylic oxidation sites excluding steroid dienone is 2. The normalized spacial score (nSPS) is 13.4. The maximum Gasteiger partial charge on any atom is 0.0447 e. The summed E-state index contributed by atoms with van der Waals surface area (Å²) in [6, 6.07) is 0. The lowest BCUT2D eigenvalue weighted by molar-refractivity contribution is 0.526. The van der Waals surface area contributed by atoms with Crippen molar-refractivity contribution in [1.82, 2.24) is 4.90 Å². The summed E-state index contributed by atoms with van der Waals surface area (Å²) in [7, 11) is 3.32. The zero-order valence-electron chi connectivity index (χ0n) is 12.1. The molecule has 16 heavy (non-hydrogen) atoms. The van der Waals surface area contributed by atoms with Gasteiger partial charge in [-0.05, 0) is 25.7 Å². The van der Waals surface area contributed by atoms with E-state index in [1.165, 1.54) is 10.6 Å². The van der Waals surface area contributed by atoms with Crippen LogP contribution in [0.15, 0.2) is 22.8 Å². The van der Waals surface area contributed by atoms with Gasteiger partial charge in [-0.3, -0.25) is 0 Å². The molecule has 0 aliphatic carbocycles. The van der Waals surface area contributed by atoms with Gasteiger partial charge in [0.1, 0.15) is 0 Å². The summed E-state index contributed by atoms with van der Waals surface area (Å²) in [5, 5.41) is 0. The van der Waals surface area contributed by atoms with Crippen LogP contribution in [0.3, 0.4) is 0 Å². The molecule has 0 atom stereocenters. The molecule has 0 rings (SSSR count). The average molecular weight is 241 g/mol. The Morgan fingerprint density at radius 1 is 1.19 bits per heavy atom. The van der Waals surface area contributed by atoms with E-state index in [2.05, 4.69) is 35.7 Å². The third-order valence-corrected chi connectivity index (χ3v) is 3.53. The van der Waals surface area contributed by atoms with Crippen molar-refractivity contribution >= 4 is 10.0 Å². The first-order valence-corrected chi connectivity index (χ1v) is 8.39. The summed E-state index contributed by atoms with van der Waals surface area (Å²) in [5.74, 6) is 2.64. The monoisotopic (exact) mass is 241 g/mol. The van der Waals surface area contributed by atoms with Gasteiger partial charge in [0.2, 0.25) is 0 Å². The standard InChI is InChI=1S/C12H21NS.C2H6/c1-8-10-12(14(5,6)7)11(9-2)13(3)4;1-2/h1,9-10H,2-7H3;1-2H3/b11-9+,12-10+;. The van der Waals surface area contributed by atoms with Crippen LogP contribution in [0.4, 0.5) is 0 Å². The predicted molar refractivity (Wildman–Crippen MR) is 81.1 cm³/mol. The second kappa shape index (κ2) is 8.35. The van der Waals surface area contributed by atoms with E-state index in [0.717, 1.165) is 0 Å². The molecule has 0 spiro atoms. The lowest BCUT2D eigenvalue weighted by atomic mass is 10.3. The molecule has 0 N–H and O–H groups in total. The maximum atomic E-state index is 5.36. The van der Waals surface area contributed by atoms with Crippen LogP contribution in [0.1, 0.15) is 20.8 Å². The van der Waals surface area contributed by atoms with Gasteiger partial charge in [0.25, 0.3) is 0 Å². The number of hydrogen-bond donors (Lipinski definition) is 0. The Kier molecular flexibility index (Phi) is 9.18. The van der Waals surface area contributed by atoms with Gasteiger partial charge in [0, 0.05) is 30.8 Å². The molecule has 0 unspecified atom stereocenters. The lowest BCUT2D eigenvalue weighted by Gasteiger charge is -2.33. The van der Waals surface area contributed by atoms with E-state index in [1.54, 1.807) is 0 Å². The zero-order chi connectivity index (χ0) is 13.4. The van der Waals surface area contributed by atoms with Gasteiger partial charge < -0.3 is 4.90 Å². The molecule has 0 aromatic carbocycles. The molecule has 0 heterocycles. The second-order valence-corrected chi connectivity index (χ2v) is 8.19. The van der Waals surface area contributed by atoms with Crippen LogP contribution in [0.5, 0.6) is 0 Å². The number of rotatable bonds is 3. The highest BCUT2D eigenvalue weighted by molar-refractivity contribution is 8.35. The van der Waals surface area contributed by atoms with Gasteiger partial charge >= 0.3 is 0 Å². The first-order valence-electron chi connectivity index (χ1n) is 5.53. The van der Waals surface area contributed by atoms with E-state index in [4.69, 9.17) is 6.42 Å². The molecule has 0 fully saturated rings. The highest BCUT2D eigenvalue weighted by atomic mass is 32.3. The Labute approximate surface area is 104 Å². The van der Waals surface area contributed by atoms with Gasteiger partial charge in [0.15, 0.2) is 0 Å². The van der Waals surface area contributed by atoms with Gasteiger partial charge in [-0.15, -0.1) is 6.42 Å². The molecule has 0 saturated heterocycles. The van der Waals surface area contributed by atoms with Gasteiger partial charge in [0.05, 0.1) is 0 Å². The van der Waals surface area contributed by atoms with E-state index in [0.29, 0.717) is 0 Å². The van der Waals surface area contributed by atoms with Crippen molar-refractivity contribution in [3.05, 3.63) is 22.8 Å². The molecule has 1 nitrogen and oxygen atoms in total. The van der Waals surface area contributed by atoms with Crippen molar-refractivity contribution < 1.29 is 0 Å². The molecule has 0 aromatic rings. The molecule has 2 heteroatoms. The van der Waals surface area contributed by atoms with Crippen molar-refractivity contribution in [2.45, 2.75) is 20.8 Å². The predicted octanol–water partition coefficient (Wildman–Crippen LogP) is 3.69. The third-order valence-electron chi connectivity index (χ3n) is 1.88. The van der Waals surface area contributed by atoms with Crippen LogP contribution in [0, 0.1) is 12.3 Å². The van der Waals surface area contributed by atoms with Crippen LogP contribution in [-0.2, 0) is 0 Å². The molecule has 0 aliphatic rings. The van der Waals surface area contributed by atoms with E-state index in [1.807, 2.05) is 40.9 Å². The molecular formula is C14H27NS. The highest BCUT2D eigenvalue weighted by Gasteiger charge is 2.16. The third kappa shape index (κ3) is 5.92. The second-order valence-electron chi connectivity index (χ2n) is 4.08. The number of nitrogens with zero attached hydrogens (tertiary/aromatic N) is 1. The zero-order valence-corrected chi connectivity index (χ0v) is 12.9. The summed E-state index contributed by atoms with van der Waals surface area (Å²) in [4.78, 5) is 3.40. The Balaban J connectivity index is 0. The SMILES string of the molecule is C#C/C=C(\C(=C/C)N(C)C)S(C)(C)C.CC. The van der Waals surface area contributed by atoms with Crippen molar-refractivity contribution in [3.63, 3.8) is 0 Å². The van der Waals surface area contributed by atoms with Crippen LogP contribution in [0.2, 0.25) is 0 Å². The quantitative estimate of drug-likeness (QED) is 0.538. The number of hydrogen-bond acceptors (Lipinski definition) is 1. The molecule has 0 saturated carbocycles. The molecule has 0 aliphatic heterocycles. The van der Waals surface area contributed by atoms with Gasteiger partial charge in [-0.25, -0.2) is 10.0 Å². The fourth-order valence-corrected chi connectivity index (χ4v) is 2.61. The maximum absolute atomic E-state index is 5.36. The smallest absolute Gasteiger partial charge is 0.0447 e. The Morgan fingerprint density at radius 2 is 1.62 bits per heavy atom. The Bertz CT molecular complexity index is 285. The first kappa shape index (κ1) is 17.6. The van der Waals surface area contributed by atoms with Crippen molar-refractivity contribution in [2.24, 2.45) is 0 Å². The molecule has 0 radical (unpaired) electrons. The lowest BCUT2D eigenvalue weighted by Crippen LogP contribution is -2.15. The van der Waals surface area contributed by atoms with Crippen LogP contribution in [-0.4, -0.2) is 37.8 Å². The molecule has 0 amide bonds. The summed E-state index contributed by atoms with van der Waals surface area (Å²) < 4.78 is 0. The Morgan fingerprint density at radius 3 is 1.81 bits per heavy atom. The summed E-state index contributed by atoms with van der Waals surface area (Å²) in [5.41, 5.74) is 1.23. The Hall–Kier alpha value is -0.810. The van der Waals surface area contributed by atoms with Crippen LogP contribution in [0.25, 0.3) is 0 Å². The number of terminal acetylenes is 1. The van der Waals surface area contributed by atoms with E-state index >= 15 is 0 Å². The minimum absolute atomic E-state index is 0.775. The van der Waals surface area contributed by atoms with E-state index in [9.17, 15) is 0 Å². The highest BCUT2D eigenvalue weighted by Crippen LogP contribution is 2.48. The summed E-state index contributed by atoms with van der Waals surface area (Å²) >= 11 is 0. The average Bonchev–Trinajstić information content (AvgIpc) is 2.19. The molecule has 0 aromatic heterocycles. The van der Waals surface area contributed by atoms with Crippen LogP contribution < -0.4 is 0 Å². The van der Waals surface area contributed by atoms with Gasteiger partial charge in [-0.2, -0.15) is 0 Å². The molecular weight excluding hydrogens is 214 g/mol. The summed E-state index contributed by atoms with van der Waals surface area (Å²) in [6.45, 7) is 6.05. The first-order chi connectivity index (χ1) is 7.34. The van der Waals surface area contributed by atoms with Gasteiger partial charge in [-0.1, -0.05) is 25.8 Å². The van der Waals surface area contributed by atoms with Crippen molar-refractivity contribution in [1.29, 1.82) is 0 Å². The van der Waals surface area contributed by atoms with Crippen LogP contribution >= 0.6 is 10.0 Å². The fraction of sp³-hybridized carbons (Fsp3) is 0.571.